The van der Waals surface area contributed by atoms with E-state index in [1.807, 2.05) is 0 Å². The van der Waals surface area contributed by atoms with Crippen LogP contribution in [0.5, 0.6) is 0 Å². The quantitative estimate of drug-likeness (QED) is 0.206. The summed E-state index contributed by atoms with van der Waals surface area (Å²) < 4.78 is 5.16. The van der Waals surface area contributed by atoms with Crippen molar-refractivity contribution in [3.05, 3.63) is 52.8 Å². The SMILES string of the molecule is CCCCCc1cc2c(cc1C)[n+]1c3c4c(cc(C(C)(C)C)nc4ccn23)C(C)(CC)C1(C)CC. The molecule has 0 spiro atoms. The first kappa shape index (κ1) is 24.3. The second-order valence-corrected chi connectivity index (χ2v) is 12.4. The smallest absolute Gasteiger partial charge is 0.252 e. The summed E-state index contributed by atoms with van der Waals surface area (Å²) in [5.74, 6) is 0. The molecule has 0 saturated heterocycles. The highest BCUT2D eigenvalue weighted by molar-refractivity contribution is 5.98. The molecule has 3 nitrogen and oxygen atoms in total. The average molecular weight is 471 g/mol. The van der Waals surface area contributed by atoms with Gasteiger partial charge in [0.05, 0.1) is 17.1 Å². The van der Waals surface area contributed by atoms with E-state index in [4.69, 9.17) is 4.98 Å². The van der Waals surface area contributed by atoms with Crippen LogP contribution in [-0.4, -0.2) is 9.38 Å². The van der Waals surface area contributed by atoms with E-state index in [0.29, 0.717) is 0 Å². The number of hydrogen-bond donors (Lipinski definition) is 0. The third-order valence-corrected chi connectivity index (χ3v) is 9.52. The molecule has 5 rings (SSSR count). The lowest BCUT2D eigenvalue weighted by Crippen LogP contribution is -2.66. The molecule has 3 heteroatoms. The van der Waals surface area contributed by atoms with Gasteiger partial charge in [-0.15, -0.1) is 0 Å². The minimum atomic E-state index is -0.0390. The maximum absolute atomic E-state index is 5.23. The summed E-state index contributed by atoms with van der Waals surface area (Å²) >= 11 is 0. The highest BCUT2D eigenvalue weighted by Crippen LogP contribution is 2.50. The molecule has 0 bridgehead atoms. The lowest BCUT2D eigenvalue weighted by Gasteiger charge is -2.47. The Morgan fingerprint density at radius 2 is 1.74 bits per heavy atom. The molecule has 1 aromatic carbocycles. The molecule has 2 atom stereocenters. The molecule has 186 valence electrons. The van der Waals surface area contributed by atoms with Gasteiger partial charge in [-0.25, -0.2) is 4.57 Å². The van der Waals surface area contributed by atoms with E-state index >= 15 is 0 Å². The minimum Gasteiger partial charge on any atom is -0.252 e. The predicted octanol–water partition coefficient (Wildman–Crippen LogP) is 8.07. The van der Waals surface area contributed by atoms with Gasteiger partial charge in [-0.05, 0) is 74.4 Å². The van der Waals surface area contributed by atoms with Crippen molar-refractivity contribution in [1.82, 2.24) is 9.38 Å². The number of aromatic nitrogens is 3. The topological polar surface area (TPSA) is 21.2 Å². The fourth-order valence-corrected chi connectivity index (χ4v) is 6.69. The van der Waals surface area contributed by atoms with E-state index in [9.17, 15) is 0 Å². The van der Waals surface area contributed by atoms with Crippen molar-refractivity contribution in [2.45, 2.75) is 117 Å². The molecule has 4 aromatic rings. The molecule has 0 saturated carbocycles. The van der Waals surface area contributed by atoms with Crippen LogP contribution in [0, 0.1) is 6.92 Å². The number of nitrogens with zero attached hydrogens (tertiary/aromatic N) is 3. The van der Waals surface area contributed by atoms with Crippen LogP contribution in [0.4, 0.5) is 0 Å². The molecule has 35 heavy (non-hydrogen) atoms. The molecule has 3 aromatic heterocycles. The molecule has 0 radical (unpaired) electrons. The van der Waals surface area contributed by atoms with E-state index in [1.54, 1.807) is 0 Å². The van der Waals surface area contributed by atoms with Crippen molar-refractivity contribution in [1.29, 1.82) is 0 Å². The Kier molecular flexibility index (Phi) is 5.58. The first-order valence-corrected chi connectivity index (χ1v) is 13.9. The van der Waals surface area contributed by atoms with Crippen molar-refractivity contribution in [3.8, 4) is 0 Å². The molecule has 0 amide bonds. The van der Waals surface area contributed by atoms with Crippen molar-refractivity contribution in [3.63, 3.8) is 0 Å². The van der Waals surface area contributed by atoms with Gasteiger partial charge in [-0.3, -0.25) is 4.98 Å². The molecule has 1 aliphatic rings. The fourth-order valence-electron chi connectivity index (χ4n) is 6.69. The molecular formula is C32H44N3+. The Morgan fingerprint density at radius 1 is 1.00 bits per heavy atom. The average Bonchev–Trinajstić information content (AvgIpc) is 3.15. The van der Waals surface area contributed by atoms with Gasteiger partial charge in [-0.1, -0.05) is 61.3 Å². The van der Waals surface area contributed by atoms with E-state index in [0.717, 1.165) is 24.8 Å². The van der Waals surface area contributed by atoms with E-state index in [2.05, 4.69) is 102 Å². The number of rotatable bonds is 6. The number of fused-ring (bicyclic) bond motifs is 3. The van der Waals surface area contributed by atoms with Crippen LogP contribution in [0.25, 0.3) is 27.6 Å². The van der Waals surface area contributed by atoms with Crippen molar-refractivity contribution in [2.24, 2.45) is 0 Å². The number of unbranched alkanes of at least 4 members (excludes halogenated alkanes) is 2. The standard InChI is InChI=1S/C32H44N3/c1-10-13-14-15-22-19-25-26(18-21(22)4)35-29-28-23(31(8,11-2)32(35,9)12-3)20-27(30(5,6)7)33-24(28)16-17-34(25)29/h16-20H,10-15H2,1-9H3/q+1. The second-order valence-electron chi connectivity index (χ2n) is 12.4. The lowest BCUT2D eigenvalue weighted by atomic mass is 9.61. The van der Waals surface area contributed by atoms with Crippen LogP contribution < -0.4 is 4.57 Å². The molecule has 2 unspecified atom stereocenters. The molecule has 0 fully saturated rings. The highest BCUT2D eigenvalue weighted by Gasteiger charge is 2.55. The number of aryl methyl sites for hydroxylation is 2. The van der Waals surface area contributed by atoms with E-state index < -0.39 is 0 Å². The third kappa shape index (κ3) is 3.22. The zero-order valence-electron chi connectivity index (χ0n) is 23.5. The van der Waals surface area contributed by atoms with Gasteiger partial charge in [0, 0.05) is 22.6 Å². The molecule has 0 N–H and O–H groups in total. The van der Waals surface area contributed by atoms with Gasteiger partial charge in [0.2, 0.25) is 0 Å². The van der Waals surface area contributed by atoms with Gasteiger partial charge >= 0.3 is 0 Å². The summed E-state index contributed by atoms with van der Waals surface area (Å²) in [5.41, 5.74) is 10.7. The monoisotopic (exact) mass is 470 g/mol. The van der Waals surface area contributed by atoms with Crippen molar-refractivity contribution < 1.29 is 4.57 Å². The minimum absolute atomic E-state index is 0.00440. The first-order chi connectivity index (χ1) is 16.5. The maximum atomic E-state index is 5.23. The summed E-state index contributed by atoms with van der Waals surface area (Å²) in [6.45, 7) is 21.2. The van der Waals surface area contributed by atoms with Crippen molar-refractivity contribution >= 4 is 27.6 Å². The zero-order chi connectivity index (χ0) is 25.3. The summed E-state index contributed by atoms with van der Waals surface area (Å²) in [4.78, 5) is 5.23. The summed E-state index contributed by atoms with van der Waals surface area (Å²) in [5, 5.41) is 1.34. The van der Waals surface area contributed by atoms with Crippen LogP contribution in [-0.2, 0) is 22.8 Å². The second kappa shape index (κ2) is 8.05. The van der Waals surface area contributed by atoms with E-state index in [1.165, 1.54) is 63.7 Å². The number of pyridine rings is 2. The van der Waals surface area contributed by atoms with Crippen LogP contribution in [0.1, 0.15) is 110 Å². The Bertz CT molecular complexity index is 1450. The maximum Gasteiger partial charge on any atom is 0.297 e. The molecule has 4 heterocycles. The Hall–Kier alpha value is -2.42. The van der Waals surface area contributed by atoms with Crippen LogP contribution in [0.15, 0.2) is 30.5 Å². The first-order valence-electron chi connectivity index (χ1n) is 13.9. The van der Waals surface area contributed by atoms with Gasteiger partial charge in [0.1, 0.15) is 5.54 Å². The summed E-state index contributed by atoms with van der Waals surface area (Å²) in [6.07, 6.45) is 9.43. The van der Waals surface area contributed by atoms with Gasteiger partial charge in [-0.2, -0.15) is 4.40 Å². The molecule has 1 aliphatic heterocycles. The zero-order valence-corrected chi connectivity index (χ0v) is 23.5. The molecular weight excluding hydrogens is 426 g/mol. The van der Waals surface area contributed by atoms with Gasteiger partial charge < -0.3 is 0 Å². The highest BCUT2D eigenvalue weighted by atomic mass is 15.2. The Labute approximate surface area is 211 Å². The predicted molar refractivity (Wildman–Crippen MR) is 149 cm³/mol. The number of hydrogen-bond acceptors (Lipinski definition) is 1. The lowest BCUT2D eigenvalue weighted by molar-refractivity contribution is -0.728. The summed E-state index contributed by atoms with van der Waals surface area (Å²) in [7, 11) is 0. The largest absolute Gasteiger partial charge is 0.297 e. The van der Waals surface area contributed by atoms with Gasteiger partial charge in [0.15, 0.2) is 11.0 Å². The number of imidazole rings is 1. The molecule has 0 aliphatic carbocycles. The Morgan fingerprint density at radius 3 is 2.37 bits per heavy atom. The fraction of sp³-hybridized carbons (Fsp3) is 0.562. The third-order valence-electron chi connectivity index (χ3n) is 9.52. The normalized spacial score (nSPS) is 22.2. The van der Waals surface area contributed by atoms with Crippen LogP contribution in [0.3, 0.4) is 0 Å². The van der Waals surface area contributed by atoms with Crippen LogP contribution >= 0.6 is 0 Å². The van der Waals surface area contributed by atoms with Gasteiger partial charge in [0.25, 0.3) is 5.65 Å². The Balaban J connectivity index is 1.96. The van der Waals surface area contributed by atoms with E-state index in [-0.39, 0.29) is 16.4 Å². The summed E-state index contributed by atoms with van der Waals surface area (Å²) in [6, 6.07) is 9.66. The van der Waals surface area contributed by atoms with Crippen LogP contribution in [0.2, 0.25) is 0 Å². The van der Waals surface area contributed by atoms with Crippen molar-refractivity contribution in [2.75, 3.05) is 0 Å². The number of benzene rings is 1.